The van der Waals surface area contributed by atoms with Crippen LogP contribution in [-0.4, -0.2) is 75.8 Å². The molecule has 4 aromatic rings. The van der Waals surface area contributed by atoms with Gasteiger partial charge in [-0.05, 0) is 37.7 Å². The molecular weight excluding hydrogens is 452 g/mol. The predicted octanol–water partition coefficient (Wildman–Crippen LogP) is 2.20. The van der Waals surface area contributed by atoms with Crippen molar-refractivity contribution < 1.29 is 24.0 Å². The topological polar surface area (TPSA) is 135 Å². The summed E-state index contributed by atoms with van der Waals surface area (Å²) in [6, 6.07) is 11.2. The fourth-order valence-corrected chi connectivity index (χ4v) is 3.23. The largest absolute Gasteiger partial charge is 0.471 e. The molecule has 0 bridgehead atoms. The Bertz CT molecular complexity index is 1270. The lowest BCUT2D eigenvalue weighted by atomic mass is 10.1. The first kappa shape index (κ1) is 25.5. The van der Waals surface area contributed by atoms with Gasteiger partial charge in [0.15, 0.2) is 0 Å². The third kappa shape index (κ3) is 6.71. The molecule has 0 aliphatic heterocycles. The van der Waals surface area contributed by atoms with Crippen molar-refractivity contribution in [2.75, 3.05) is 39.2 Å². The van der Waals surface area contributed by atoms with E-state index in [0.717, 1.165) is 11.1 Å². The minimum absolute atomic E-state index is 0.110. The van der Waals surface area contributed by atoms with E-state index in [-0.39, 0.29) is 12.5 Å². The fraction of sp³-hybridized carbons (Fsp3) is 0.292. The Kier molecular flexibility index (Phi) is 9.04. The second-order valence-electron chi connectivity index (χ2n) is 7.68. The zero-order valence-electron chi connectivity index (χ0n) is 19.8. The molecule has 0 aliphatic carbocycles. The summed E-state index contributed by atoms with van der Waals surface area (Å²) in [6.45, 7) is 3.70. The first-order chi connectivity index (χ1) is 17.0. The average molecular weight is 481 g/mol. The van der Waals surface area contributed by atoms with Crippen LogP contribution in [0.5, 0.6) is 0 Å². The number of carbonyl (C=O) groups is 2. The predicted molar refractivity (Wildman–Crippen MR) is 129 cm³/mol. The molecule has 11 nitrogen and oxygen atoms in total. The average Bonchev–Trinajstić information content (AvgIpc) is 3.52. The number of carbonyl (C=O) groups excluding carboxylic acids is 2. The Morgan fingerprint density at radius 1 is 1.29 bits per heavy atom. The van der Waals surface area contributed by atoms with E-state index >= 15 is 0 Å². The number of ether oxygens (including phenoxy) is 1. The molecule has 3 heterocycles. The first-order valence-corrected chi connectivity index (χ1v) is 10.9. The molecule has 0 fully saturated rings. The van der Waals surface area contributed by atoms with Crippen molar-refractivity contribution in [3.8, 4) is 11.4 Å². The van der Waals surface area contributed by atoms with Crippen molar-refractivity contribution in [1.29, 1.82) is 0 Å². The Labute approximate surface area is 202 Å². The zero-order chi connectivity index (χ0) is 25.2. The van der Waals surface area contributed by atoms with E-state index in [2.05, 4.69) is 25.2 Å². The number of aromatic nitrogens is 4. The molecule has 0 spiro atoms. The summed E-state index contributed by atoms with van der Waals surface area (Å²) in [7, 11) is 3.24. The normalized spacial score (nSPS) is 10.7. The number of imidazole rings is 1. The molecule has 11 heteroatoms. The number of methoxy groups -OCH3 is 1. The second kappa shape index (κ2) is 12.4. The highest BCUT2D eigenvalue weighted by molar-refractivity contribution is 6.04. The number of likely N-dealkylation sites (N-methyl/N-ethyl adjacent to an activating group) is 1. The lowest BCUT2D eigenvalue weighted by Crippen LogP contribution is -2.24. The molecule has 2 N–H and O–H groups in total. The molecule has 0 saturated heterocycles. The summed E-state index contributed by atoms with van der Waals surface area (Å²) in [6.07, 6.45) is 3.95. The van der Waals surface area contributed by atoms with Gasteiger partial charge in [-0.3, -0.25) is 14.0 Å². The quantitative estimate of drug-likeness (QED) is 0.346. The molecule has 0 atom stereocenters. The number of aliphatic hydroxyl groups excluding tert-OH is 1. The van der Waals surface area contributed by atoms with Crippen LogP contribution >= 0.6 is 0 Å². The van der Waals surface area contributed by atoms with Gasteiger partial charge in [-0.2, -0.15) is 4.98 Å². The molecule has 1 aromatic carbocycles. The van der Waals surface area contributed by atoms with E-state index in [9.17, 15) is 4.79 Å². The number of nitrogens with zero attached hydrogens (tertiary/aromatic N) is 5. The molecule has 0 saturated carbocycles. The SMILES string of the molecule is COC=O.Cc1ccc(-c2noc(CCN(C)CCO)n2)cc1NC(=O)c1cnc2ccccn12. The Morgan fingerprint density at radius 2 is 2.09 bits per heavy atom. The Morgan fingerprint density at radius 3 is 2.83 bits per heavy atom. The van der Waals surface area contributed by atoms with Gasteiger partial charge in [0.25, 0.3) is 12.4 Å². The number of aliphatic hydroxyl groups is 1. The van der Waals surface area contributed by atoms with Crippen LogP contribution in [0.2, 0.25) is 0 Å². The summed E-state index contributed by atoms with van der Waals surface area (Å²) in [5.41, 5.74) is 3.50. The van der Waals surface area contributed by atoms with Gasteiger partial charge in [-0.15, -0.1) is 0 Å². The molecule has 35 heavy (non-hydrogen) atoms. The van der Waals surface area contributed by atoms with E-state index in [4.69, 9.17) is 14.4 Å². The number of amides is 1. The van der Waals surface area contributed by atoms with Crippen LogP contribution in [0.4, 0.5) is 5.69 Å². The van der Waals surface area contributed by atoms with Crippen LogP contribution < -0.4 is 5.32 Å². The van der Waals surface area contributed by atoms with Crippen LogP contribution in [0.15, 0.2) is 53.3 Å². The van der Waals surface area contributed by atoms with Gasteiger partial charge < -0.3 is 24.6 Å². The summed E-state index contributed by atoms with van der Waals surface area (Å²) >= 11 is 0. The summed E-state index contributed by atoms with van der Waals surface area (Å²) in [4.78, 5) is 32.5. The summed E-state index contributed by atoms with van der Waals surface area (Å²) < 4.78 is 11.0. The van der Waals surface area contributed by atoms with Crippen molar-refractivity contribution in [2.45, 2.75) is 13.3 Å². The van der Waals surface area contributed by atoms with Gasteiger partial charge in [0, 0.05) is 37.0 Å². The molecule has 0 aliphatic rings. The molecule has 0 unspecified atom stereocenters. The summed E-state index contributed by atoms with van der Waals surface area (Å²) in [5.74, 6) is 0.737. The van der Waals surface area contributed by atoms with Crippen molar-refractivity contribution in [3.63, 3.8) is 0 Å². The second-order valence-corrected chi connectivity index (χ2v) is 7.68. The number of anilines is 1. The van der Waals surface area contributed by atoms with E-state index in [0.29, 0.717) is 54.7 Å². The van der Waals surface area contributed by atoms with Gasteiger partial charge in [0.2, 0.25) is 11.7 Å². The minimum atomic E-state index is -0.250. The highest BCUT2D eigenvalue weighted by Gasteiger charge is 2.15. The molecular formula is C24H28N6O5. The highest BCUT2D eigenvalue weighted by Crippen LogP contribution is 2.24. The van der Waals surface area contributed by atoms with E-state index in [1.807, 2.05) is 55.3 Å². The lowest BCUT2D eigenvalue weighted by molar-refractivity contribution is -0.126. The molecule has 0 radical (unpaired) electrons. The van der Waals surface area contributed by atoms with Gasteiger partial charge in [-0.25, -0.2) is 4.98 Å². The van der Waals surface area contributed by atoms with Gasteiger partial charge in [0.05, 0.1) is 19.9 Å². The molecule has 4 rings (SSSR count). The third-order valence-corrected chi connectivity index (χ3v) is 5.15. The number of fused-ring (bicyclic) bond motifs is 1. The fourth-order valence-electron chi connectivity index (χ4n) is 3.23. The van der Waals surface area contributed by atoms with Crippen molar-refractivity contribution in [1.82, 2.24) is 24.4 Å². The highest BCUT2D eigenvalue weighted by atomic mass is 16.5. The van der Waals surface area contributed by atoms with E-state index < -0.39 is 0 Å². The number of hydrogen-bond donors (Lipinski definition) is 2. The Hall–Kier alpha value is -4.09. The van der Waals surface area contributed by atoms with Crippen LogP contribution in [0.25, 0.3) is 17.0 Å². The van der Waals surface area contributed by atoms with Crippen molar-refractivity contribution in [3.05, 3.63) is 65.9 Å². The van der Waals surface area contributed by atoms with Crippen LogP contribution in [-0.2, 0) is 16.0 Å². The van der Waals surface area contributed by atoms with Gasteiger partial charge in [-0.1, -0.05) is 23.4 Å². The van der Waals surface area contributed by atoms with Crippen molar-refractivity contribution in [2.24, 2.45) is 0 Å². The number of pyridine rings is 1. The van der Waals surface area contributed by atoms with Gasteiger partial charge in [0.1, 0.15) is 11.3 Å². The maximum atomic E-state index is 12.9. The zero-order valence-corrected chi connectivity index (χ0v) is 19.8. The maximum absolute atomic E-state index is 12.9. The standard InChI is InChI=1S/C22H24N6O3.C2H4O2/c1-15-6-7-16(21-25-20(31-26-21)8-10-27(2)11-12-29)13-17(15)24-22(30)18-14-23-19-5-3-4-9-28(18)19;1-4-2-3/h3-7,9,13-14,29H,8,10-12H2,1-2H3,(H,24,30);2H,1H3. The maximum Gasteiger partial charge on any atom is 0.292 e. The number of rotatable bonds is 9. The summed E-state index contributed by atoms with van der Waals surface area (Å²) in [5, 5.41) is 16.0. The number of nitrogens with one attached hydrogen (secondary N) is 1. The van der Waals surface area contributed by atoms with Crippen LogP contribution in [0, 0.1) is 6.92 Å². The monoisotopic (exact) mass is 480 g/mol. The number of benzene rings is 1. The molecule has 184 valence electrons. The molecule has 3 aromatic heterocycles. The number of aryl methyl sites for hydroxylation is 1. The third-order valence-electron chi connectivity index (χ3n) is 5.15. The number of hydrogen-bond acceptors (Lipinski definition) is 9. The molecule has 1 amide bonds. The lowest BCUT2D eigenvalue weighted by Gasteiger charge is -2.12. The van der Waals surface area contributed by atoms with E-state index in [1.165, 1.54) is 7.11 Å². The first-order valence-electron chi connectivity index (χ1n) is 10.9. The van der Waals surface area contributed by atoms with Crippen molar-refractivity contribution >= 4 is 23.7 Å². The van der Waals surface area contributed by atoms with Crippen LogP contribution in [0.3, 0.4) is 0 Å². The van der Waals surface area contributed by atoms with Crippen LogP contribution in [0.1, 0.15) is 21.9 Å². The Balaban J connectivity index is 0.000000795. The van der Waals surface area contributed by atoms with Gasteiger partial charge >= 0.3 is 0 Å². The minimum Gasteiger partial charge on any atom is -0.471 e. The smallest absolute Gasteiger partial charge is 0.292 e. The van der Waals surface area contributed by atoms with E-state index in [1.54, 1.807) is 16.8 Å².